The predicted molar refractivity (Wildman–Crippen MR) is 22.3 cm³/mol. The molecule has 0 radical (unpaired) electrons. The molecular formula is C2H2N3P. The van der Waals surface area contributed by atoms with Gasteiger partial charge in [-0.3, -0.25) is 0 Å². The quantitative estimate of drug-likeness (QED) is 0.474. The van der Waals surface area contributed by atoms with E-state index in [2.05, 4.69) is 14.5 Å². The molecule has 0 N–H and O–H groups in total. The fourth-order valence-electron chi connectivity index (χ4n) is 0.165. The van der Waals surface area contributed by atoms with E-state index in [1.54, 1.807) is 0 Å². The van der Waals surface area contributed by atoms with Crippen LogP contribution in [0.4, 0.5) is 0 Å². The Hall–Kier alpha value is -0.560. The summed E-state index contributed by atoms with van der Waals surface area (Å²) in [4.78, 5) is 3.59. The average Bonchev–Trinajstić information content (AvgIpc) is 1.72. The van der Waals surface area contributed by atoms with E-state index in [-0.39, 0.29) is 0 Å². The molecule has 3 nitrogen and oxygen atoms in total. The van der Waals surface area contributed by atoms with Gasteiger partial charge in [0.25, 0.3) is 0 Å². The van der Waals surface area contributed by atoms with Gasteiger partial charge in [0.2, 0.25) is 0 Å². The third-order valence-electron chi connectivity index (χ3n) is 0.340. The van der Waals surface area contributed by atoms with Crippen LogP contribution in [-0.2, 0) is 0 Å². The number of rotatable bonds is 0. The molecule has 1 heterocycles. The van der Waals surface area contributed by atoms with E-state index in [1.807, 2.05) is 0 Å². The van der Waals surface area contributed by atoms with Gasteiger partial charge in [-0.05, 0) is 0 Å². The maximum atomic E-state index is 3.66. The number of nitrogens with zero attached hydrogens (tertiary/aromatic N) is 3. The molecule has 0 aliphatic heterocycles. The Morgan fingerprint density at radius 3 is 2.00 bits per heavy atom. The highest BCUT2D eigenvalue weighted by Crippen LogP contribution is 1.79. The average molecular weight is 99.0 g/mol. The number of hydrogen-bond acceptors (Lipinski definition) is 3. The third kappa shape index (κ3) is 0.692. The molecule has 1 rings (SSSR count). The SMILES string of the molecule is c1ncnpn1. The largest absolute Gasteiger partial charge is 0.224 e. The van der Waals surface area contributed by atoms with Gasteiger partial charge in [-0.25, -0.2) is 4.98 Å². The fraction of sp³-hybridized carbons (Fsp3) is 0. The maximum Gasteiger partial charge on any atom is 0.157 e. The second kappa shape index (κ2) is 1.78. The summed E-state index contributed by atoms with van der Waals surface area (Å²) in [5, 5.41) is 0. The van der Waals surface area contributed by atoms with Crippen LogP contribution in [0.3, 0.4) is 0 Å². The molecule has 1 aromatic rings. The summed E-state index contributed by atoms with van der Waals surface area (Å²) in [7, 11) is 0.743. The zero-order valence-electron chi connectivity index (χ0n) is 2.94. The molecule has 0 spiro atoms. The molecule has 0 aromatic carbocycles. The minimum atomic E-state index is 0.743. The summed E-state index contributed by atoms with van der Waals surface area (Å²) in [6.45, 7) is 0. The van der Waals surface area contributed by atoms with E-state index >= 15 is 0 Å². The third-order valence-corrected chi connectivity index (χ3v) is 0.753. The van der Waals surface area contributed by atoms with Gasteiger partial charge in [0.05, 0.1) is 0 Å². The van der Waals surface area contributed by atoms with Crippen LogP contribution in [0.25, 0.3) is 0 Å². The van der Waals surface area contributed by atoms with E-state index in [4.69, 9.17) is 0 Å². The summed E-state index contributed by atoms with van der Waals surface area (Å²) < 4.78 is 7.32. The van der Waals surface area contributed by atoms with E-state index in [9.17, 15) is 0 Å². The molecule has 0 atom stereocenters. The standard InChI is InChI=1S/C2H2N3P/c1-3-2-5-6-4-1/h1-2H. The van der Waals surface area contributed by atoms with Crippen molar-refractivity contribution in [3.05, 3.63) is 12.7 Å². The first kappa shape index (κ1) is 3.62. The lowest BCUT2D eigenvalue weighted by molar-refractivity contribution is 1.19. The van der Waals surface area contributed by atoms with Crippen molar-refractivity contribution in [1.29, 1.82) is 0 Å². The van der Waals surface area contributed by atoms with Crippen LogP contribution in [0.2, 0.25) is 0 Å². The first-order chi connectivity index (χ1) is 3.00. The van der Waals surface area contributed by atoms with Crippen molar-refractivity contribution < 1.29 is 0 Å². The van der Waals surface area contributed by atoms with Crippen LogP contribution in [0.1, 0.15) is 0 Å². The summed E-state index contributed by atoms with van der Waals surface area (Å²) in [5.74, 6) is 0. The molecule has 1 aromatic heterocycles. The zero-order chi connectivity index (χ0) is 4.24. The lowest BCUT2D eigenvalue weighted by Gasteiger charge is -1.68. The highest BCUT2D eigenvalue weighted by molar-refractivity contribution is 7.20. The first-order valence-corrected chi connectivity index (χ1v) is 2.23. The van der Waals surface area contributed by atoms with Gasteiger partial charge >= 0.3 is 0 Å². The normalized spacial score (nSPS) is 8.00. The van der Waals surface area contributed by atoms with Gasteiger partial charge < -0.3 is 0 Å². The van der Waals surface area contributed by atoms with Gasteiger partial charge in [0, 0.05) is 0 Å². The molecule has 0 amide bonds. The Balaban J connectivity index is 3.00. The molecule has 6 heavy (non-hydrogen) atoms. The molecule has 0 aliphatic carbocycles. The van der Waals surface area contributed by atoms with Crippen LogP contribution < -0.4 is 0 Å². The van der Waals surface area contributed by atoms with Crippen molar-refractivity contribution in [2.45, 2.75) is 0 Å². The molecule has 0 unspecified atom stereocenters. The summed E-state index contributed by atoms with van der Waals surface area (Å²) in [6.07, 6.45) is 2.96. The smallest absolute Gasteiger partial charge is 0.157 e. The molecule has 4 heteroatoms. The van der Waals surface area contributed by atoms with E-state index < -0.39 is 0 Å². The maximum absolute atomic E-state index is 3.66. The van der Waals surface area contributed by atoms with Gasteiger partial charge in [0.15, 0.2) is 8.51 Å². The van der Waals surface area contributed by atoms with Crippen LogP contribution >= 0.6 is 8.51 Å². The van der Waals surface area contributed by atoms with E-state index in [1.165, 1.54) is 12.7 Å². The van der Waals surface area contributed by atoms with Crippen molar-refractivity contribution in [1.82, 2.24) is 14.5 Å². The molecule has 0 fully saturated rings. The van der Waals surface area contributed by atoms with Crippen LogP contribution in [0, 0.1) is 0 Å². The summed E-state index contributed by atoms with van der Waals surface area (Å²) >= 11 is 0. The second-order valence-corrected chi connectivity index (χ2v) is 1.34. The molecular weight excluding hydrogens is 97.0 g/mol. The number of hydrogen-bond donors (Lipinski definition) is 0. The minimum Gasteiger partial charge on any atom is -0.224 e. The summed E-state index contributed by atoms with van der Waals surface area (Å²) in [5.41, 5.74) is 0. The first-order valence-electron chi connectivity index (χ1n) is 1.43. The molecule has 0 aliphatic rings. The minimum absolute atomic E-state index is 0.743. The van der Waals surface area contributed by atoms with E-state index in [0.717, 1.165) is 8.51 Å². The van der Waals surface area contributed by atoms with Crippen molar-refractivity contribution >= 4 is 8.51 Å². The van der Waals surface area contributed by atoms with Crippen molar-refractivity contribution in [3.8, 4) is 0 Å². The molecule has 30 valence electrons. The highest BCUT2D eigenvalue weighted by Gasteiger charge is 1.61. The predicted octanol–water partition coefficient (Wildman–Crippen LogP) is 0.452. The topological polar surface area (TPSA) is 38.7 Å². The van der Waals surface area contributed by atoms with Crippen molar-refractivity contribution in [2.24, 2.45) is 0 Å². The second-order valence-electron chi connectivity index (χ2n) is 0.700. The Bertz CT molecular complexity index is 80.7. The Labute approximate surface area is 36.7 Å². The van der Waals surface area contributed by atoms with Crippen LogP contribution in [-0.4, -0.2) is 14.5 Å². The van der Waals surface area contributed by atoms with Crippen molar-refractivity contribution in [2.75, 3.05) is 0 Å². The molecule has 0 bridgehead atoms. The molecule has 0 saturated heterocycles. The van der Waals surface area contributed by atoms with Crippen molar-refractivity contribution in [3.63, 3.8) is 0 Å². The summed E-state index contributed by atoms with van der Waals surface area (Å²) in [6, 6.07) is 0. The van der Waals surface area contributed by atoms with Gasteiger partial charge in [-0.2, -0.15) is 9.49 Å². The number of aromatic nitrogens is 3. The van der Waals surface area contributed by atoms with Gasteiger partial charge in [0.1, 0.15) is 12.7 Å². The van der Waals surface area contributed by atoms with Crippen LogP contribution in [0.5, 0.6) is 0 Å². The Morgan fingerprint density at radius 1 is 1.17 bits per heavy atom. The van der Waals surface area contributed by atoms with Gasteiger partial charge in [-0.15, -0.1) is 0 Å². The van der Waals surface area contributed by atoms with E-state index in [0.29, 0.717) is 0 Å². The monoisotopic (exact) mass is 99.0 g/mol. The van der Waals surface area contributed by atoms with Gasteiger partial charge in [-0.1, -0.05) is 0 Å². The fourth-order valence-corrected chi connectivity index (χ4v) is 0.437. The Kier molecular flexibility index (Phi) is 1.07. The lowest BCUT2D eigenvalue weighted by Crippen LogP contribution is -1.66. The zero-order valence-corrected chi connectivity index (χ0v) is 3.84. The lowest BCUT2D eigenvalue weighted by atomic mass is 11.3. The molecule has 0 saturated carbocycles. The Morgan fingerprint density at radius 2 is 1.83 bits per heavy atom. The highest BCUT2D eigenvalue weighted by atomic mass is 31.1. The van der Waals surface area contributed by atoms with Crippen LogP contribution in [0.15, 0.2) is 12.7 Å².